The molecular weight excluding hydrogens is 395 g/mol. The Kier molecular flexibility index (Phi) is 5.07. The molecule has 0 fully saturated rings. The average molecular weight is 411 g/mol. The third kappa shape index (κ3) is 3.49. The number of fused-ring (bicyclic) bond motifs is 1. The minimum absolute atomic E-state index is 0.0768. The van der Waals surface area contributed by atoms with Gasteiger partial charge in [-0.25, -0.2) is 4.98 Å². The number of para-hydroxylation sites is 2. The Morgan fingerprint density at radius 1 is 0.929 bits per heavy atom. The van der Waals surface area contributed by atoms with Crippen LogP contribution in [0.5, 0.6) is 5.75 Å². The van der Waals surface area contributed by atoms with Gasteiger partial charge in [0.05, 0.1) is 26.5 Å². The van der Waals surface area contributed by atoms with E-state index in [-0.39, 0.29) is 11.3 Å². The first kappa shape index (κ1) is 18.5. The number of aromatic hydroxyl groups is 1. The third-order valence-electron chi connectivity index (χ3n) is 4.61. The summed E-state index contributed by atoms with van der Waals surface area (Å²) in [6, 6.07) is 19.5. The van der Waals surface area contributed by atoms with Gasteiger partial charge in [0, 0.05) is 6.54 Å². The van der Waals surface area contributed by atoms with Crippen LogP contribution in [0.3, 0.4) is 0 Å². The van der Waals surface area contributed by atoms with Crippen molar-refractivity contribution >= 4 is 34.1 Å². The Bertz CT molecular complexity index is 1230. The lowest BCUT2D eigenvalue weighted by Gasteiger charge is -2.15. The Hall–Kier alpha value is -2.82. The monoisotopic (exact) mass is 410 g/mol. The second-order valence-corrected chi connectivity index (χ2v) is 7.24. The fraction of sp³-hybridized carbons (Fsp3) is 0.0909. The van der Waals surface area contributed by atoms with Crippen molar-refractivity contribution < 1.29 is 5.11 Å². The fourth-order valence-electron chi connectivity index (χ4n) is 3.18. The largest absolute Gasteiger partial charge is 0.507 e. The summed E-state index contributed by atoms with van der Waals surface area (Å²) < 4.78 is 1.60. The lowest BCUT2D eigenvalue weighted by atomic mass is 10.1. The molecule has 0 spiro atoms. The molecule has 0 atom stereocenters. The summed E-state index contributed by atoms with van der Waals surface area (Å²) in [5, 5.41) is 11.8. The predicted octanol–water partition coefficient (Wildman–Crippen LogP) is 5.32. The Morgan fingerprint density at radius 2 is 1.68 bits per heavy atom. The quantitative estimate of drug-likeness (QED) is 0.495. The van der Waals surface area contributed by atoms with Gasteiger partial charge in [0.15, 0.2) is 0 Å². The second-order valence-electron chi connectivity index (χ2n) is 6.42. The molecule has 4 rings (SSSR count). The zero-order valence-corrected chi connectivity index (χ0v) is 16.3. The summed E-state index contributed by atoms with van der Waals surface area (Å²) in [6.45, 7) is 0.387. The number of hydrogen-bond acceptors (Lipinski definition) is 3. The number of hydrogen-bond donors (Lipinski definition) is 1. The van der Waals surface area contributed by atoms with Crippen molar-refractivity contribution in [2.75, 3.05) is 0 Å². The molecular formula is C22H16Cl2N2O2. The SMILES string of the molecule is O=c1c2ccccc2nc(-c2ccccc2O)n1CCc1ccc(Cl)c(Cl)c1. The van der Waals surface area contributed by atoms with Crippen LogP contribution in [-0.2, 0) is 13.0 Å². The number of nitrogens with zero attached hydrogens (tertiary/aromatic N) is 2. The van der Waals surface area contributed by atoms with E-state index in [2.05, 4.69) is 4.98 Å². The van der Waals surface area contributed by atoms with E-state index in [4.69, 9.17) is 23.2 Å². The number of phenolic OH excluding ortho intramolecular Hbond substituents is 1. The molecule has 0 saturated heterocycles. The van der Waals surface area contributed by atoms with Crippen LogP contribution in [0.4, 0.5) is 0 Å². The molecule has 4 nitrogen and oxygen atoms in total. The highest BCUT2D eigenvalue weighted by atomic mass is 35.5. The van der Waals surface area contributed by atoms with Crippen molar-refractivity contribution in [1.82, 2.24) is 9.55 Å². The summed E-state index contributed by atoms with van der Waals surface area (Å²) in [6.07, 6.45) is 0.567. The third-order valence-corrected chi connectivity index (χ3v) is 5.35. The molecule has 0 amide bonds. The van der Waals surface area contributed by atoms with E-state index < -0.39 is 0 Å². The highest BCUT2D eigenvalue weighted by Crippen LogP contribution is 2.28. The number of phenols is 1. The van der Waals surface area contributed by atoms with Gasteiger partial charge in [-0.3, -0.25) is 9.36 Å². The molecule has 0 saturated carbocycles. The molecule has 0 radical (unpaired) electrons. The average Bonchev–Trinajstić information content (AvgIpc) is 2.70. The van der Waals surface area contributed by atoms with Crippen LogP contribution < -0.4 is 5.56 Å². The van der Waals surface area contributed by atoms with E-state index in [9.17, 15) is 9.90 Å². The predicted molar refractivity (Wildman–Crippen MR) is 113 cm³/mol. The van der Waals surface area contributed by atoms with E-state index in [0.29, 0.717) is 45.3 Å². The molecule has 0 unspecified atom stereocenters. The molecule has 1 heterocycles. The lowest BCUT2D eigenvalue weighted by Crippen LogP contribution is -2.24. The first-order valence-electron chi connectivity index (χ1n) is 8.76. The Morgan fingerprint density at radius 3 is 2.46 bits per heavy atom. The topological polar surface area (TPSA) is 55.1 Å². The van der Waals surface area contributed by atoms with Crippen LogP contribution in [-0.4, -0.2) is 14.7 Å². The van der Waals surface area contributed by atoms with Crippen molar-refractivity contribution in [3.05, 3.63) is 92.7 Å². The molecule has 6 heteroatoms. The van der Waals surface area contributed by atoms with Gasteiger partial charge < -0.3 is 5.11 Å². The molecule has 1 N–H and O–H groups in total. The molecule has 0 aliphatic heterocycles. The zero-order chi connectivity index (χ0) is 19.7. The molecule has 1 aromatic heterocycles. The highest BCUT2D eigenvalue weighted by molar-refractivity contribution is 6.42. The van der Waals surface area contributed by atoms with Crippen LogP contribution in [0, 0.1) is 0 Å². The molecule has 140 valence electrons. The van der Waals surface area contributed by atoms with E-state index in [1.807, 2.05) is 18.2 Å². The van der Waals surface area contributed by atoms with Gasteiger partial charge in [0.1, 0.15) is 11.6 Å². The smallest absolute Gasteiger partial charge is 0.261 e. The summed E-state index contributed by atoms with van der Waals surface area (Å²) in [4.78, 5) is 17.8. The van der Waals surface area contributed by atoms with E-state index in [0.717, 1.165) is 5.56 Å². The van der Waals surface area contributed by atoms with Gasteiger partial charge in [-0.1, -0.05) is 53.5 Å². The van der Waals surface area contributed by atoms with Gasteiger partial charge >= 0.3 is 0 Å². The summed E-state index contributed by atoms with van der Waals surface area (Å²) in [7, 11) is 0. The fourth-order valence-corrected chi connectivity index (χ4v) is 3.50. The normalized spacial score (nSPS) is 11.1. The first-order chi connectivity index (χ1) is 13.5. The van der Waals surface area contributed by atoms with Crippen molar-refractivity contribution in [3.8, 4) is 17.1 Å². The highest BCUT2D eigenvalue weighted by Gasteiger charge is 2.15. The van der Waals surface area contributed by atoms with Crippen molar-refractivity contribution in [2.24, 2.45) is 0 Å². The van der Waals surface area contributed by atoms with E-state index >= 15 is 0 Å². The minimum Gasteiger partial charge on any atom is -0.507 e. The van der Waals surface area contributed by atoms with Crippen molar-refractivity contribution in [3.63, 3.8) is 0 Å². The molecule has 28 heavy (non-hydrogen) atoms. The van der Waals surface area contributed by atoms with Crippen LogP contribution in [0.25, 0.3) is 22.3 Å². The summed E-state index contributed by atoms with van der Waals surface area (Å²) in [5.74, 6) is 0.509. The number of aromatic nitrogens is 2. The van der Waals surface area contributed by atoms with E-state index in [1.54, 1.807) is 53.1 Å². The summed E-state index contributed by atoms with van der Waals surface area (Å²) >= 11 is 12.1. The molecule has 0 aliphatic carbocycles. The lowest BCUT2D eigenvalue weighted by molar-refractivity contribution is 0.476. The van der Waals surface area contributed by atoms with Crippen LogP contribution >= 0.6 is 23.2 Å². The maximum absolute atomic E-state index is 13.2. The second kappa shape index (κ2) is 7.66. The minimum atomic E-state index is -0.149. The van der Waals surface area contributed by atoms with Crippen molar-refractivity contribution in [2.45, 2.75) is 13.0 Å². The molecule has 3 aromatic carbocycles. The maximum Gasteiger partial charge on any atom is 0.261 e. The van der Waals surface area contributed by atoms with Crippen LogP contribution in [0.1, 0.15) is 5.56 Å². The number of halogens is 2. The number of aryl methyl sites for hydroxylation is 1. The first-order valence-corrected chi connectivity index (χ1v) is 9.52. The Labute approximate surface area is 171 Å². The van der Waals surface area contributed by atoms with Gasteiger partial charge in [-0.15, -0.1) is 0 Å². The molecule has 0 aliphatic rings. The zero-order valence-electron chi connectivity index (χ0n) is 14.8. The van der Waals surface area contributed by atoms with Gasteiger partial charge in [0.2, 0.25) is 0 Å². The Balaban J connectivity index is 1.84. The van der Waals surface area contributed by atoms with Gasteiger partial charge in [-0.05, 0) is 48.4 Å². The van der Waals surface area contributed by atoms with Crippen molar-refractivity contribution in [1.29, 1.82) is 0 Å². The van der Waals surface area contributed by atoms with Gasteiger partial charge in [0.25, 0.3) is 5.56 Å². The van der Waals surface area contributed by atoms with E-state index in [1.165, 1.54) is 0 Å². The molecule has 0 bridgehead atoms. The standard InChI is InChI=1S/C22H16Cl2N2O2/c23-17-10-9-14(13-18(17)24)11-12-26-21(16-6-2-4-8-20(16)27)25-19-7-3-1-5-15(19)22(26)28/h1-10,13,27H,11-12H2. The van der Waals surface area contributed by atoms with Gasteiger partial charge in [-0.2, -0.15) is 0 Å². The maximum atomic E-state index is 13.2. The number of benzene rings is 3. The summed E-state index contributed by atoms with van der Waals surface area (Å²) in [5.41, 5.74) is 1.91. The molecule has 4 aromatic rings. The van der Waals surface area contributed by atoms with Crippen LogP contribution in [0.15, 0.2) is 71.5 Å². The number of rotatable bonds is 4. The van der Waals surface area contributed by atoms with Crippen LogP contribution in [0.2, 0.25) is 10.0 Å².